The molecule has 2 heterocycles. The van der Waals surface area contributed by atoms with Gasteiger partial charge in [-0.25, -0.2) is 0 Å². The number of benzene rings is 1. The number of hydrogen-bond donors (Lipinski definition) is 1. The number of amides is 1. The van der Waals surface area contributed by atoms with E-state index in [0.29, 0.717) is 18.7 Å². The van der Waals surface area contributed by atoms with Gasteiger partial charge in [-0.05, 0) is 36.5 Å². The summed E-state index contributed by atoms with van der Waals surface area (Å²) in [5.74, 6) is -0.995. The lowest BCUT2D eigenvalue weighted by atomic mass is 9.89. The van der Waals surface area contributed by atoms with Gasteiger partial charge >= 0.3 is 5.97 Å². The Bertz CT molecular complexity index is 872. The standard InChI is InChI=1S/C19H20N2O4/c1-20-16(7-4-8-17(20)22)19(25)21-12-13(9-10-18(23)24)11-14-5-2-3-6-15(14)21/h2-8,13H,9-12H2,1H3,(H,23,24). The molecule has 1 amide bonds. The number of nitrogens with zero attached hydrogens (tertiary/aromatic N) is 2. The molecule has 0 radical (unpaired) electrons. The zero-order valence-electron chi connectivity index (χ0n) is 14.0. The highest BCUT2D eigenvalue weighted by molar-refractivity contribution is 6.05. The van der Waals surface area contributed by atoms with Gasteiger partial charge in [0.2, 0.25) is 0 Å². The molecule has 1 aliphatic rings. The Balaban J connectivity index is 1.95. The van der Waals surface area contributed by atoms with Gasteiger partial charge in [-0.15, -0.1) is 0 Å². The van der Waals surface area contributed by atoms with Crippen molar-refractivity contribution in [2.45, 2.75) is 19.3 Å². The second kappa shape index (κ2) is 6.93. The molecule has 2 aromatic rings. The van der Waals surface area contributed by atoms with Gasteiger partial charge in [-0.3, -0.25) is 14.4 Å². The van der Waals surface area contributed by atoms with Crippen LogP contribution in [0, 0.1) is 5.92 Å². The molecule has 1 aromatic heterocycles. The van der Waals surface area contributed by atoms with Crippen LogP contribution >= 0.6 is 0 Å². The number of anilines is 1. The van der Waals surface area contributed by atoms with Crippen LogP contribution in [0.5, 0.6) is 0 Å². The lowest BCUT2D eigenvalue weighted by Crippen LogP contribution is -2.42. The normalized spacial score (nSPS) is 16.4. The first-order valence-electron chi connectivity index (χ1n) is 8.25. The molecular weight excluding hydrogens is 320 g/mol. The Kier molecular flexibility index (Phi) is 4.70. The third kappa shape index (κ3) is 3.47. The van der Waals surface area contributed by atoms with Crippen LogP contribution in [0.4, 0.5) is 5.69 Å². The topological polar surface area (TPSA) is 79.6 Å². The van der Waals surface area contributed by atoms with Crippen molar-refractivity contribution in [3.8, 4) is 0 Å². The minimum atomic E-state index is -0.831. The van der Waals surface area contributed by atoms with Gasteiger partial charge in [0, 0.05) is 31.8 Å². The number of para-hydroxylation sites is 1. The van der Waals surface area contributed by atoms with Crippen molar-refractivity contribution in [3.63, 3.8) is 0 Å². The van der Waals surface area contributed by atoms with E-state index in [-0.39, 0.29) is 23.8 Å². The monoisotopic (exact) mass is 340 g/mol. The van der Waals surface area contributed by atoms with Crippen molar-refractivity contribution in [1.82, 2.24) is 4.57 Å². The number of rotatable bonds is 4. The number of carbonyl (C=O) groups is 2. The molecule has 0 spiro atoms. The van der Waals surface area contributed by atoms with Crippen LogP contribution in [-0.2, 0) is 18.3 Å². The second-order valence-electron chi connectivity index (χ2n) is 6.36. The zero-order chi connectivity index (χ0) is 18.0. The molecule has 6 nitrogen and oxygen atoms in total. The maximum Gasteiger partial charge on any atom is 0.303 e. The molecule has 1 atom stereocenters. The third-order valence-electron chi connectivity index (χ3n) is 4.65. The third-order valence-corrected chi connectivity index (χ3v) is 4.65. The van der Waals surface area contributed by atoms with E-state index in [1.54, 1.807) is 24.1 Å². The van der Waals surface area contributed by atoms with Crippen LogP contribution in [0.15, 0.2) is 47.3 Å². The Hall–Kier alpha value is -2.89. The maximum absolute atomic E-state index is 13.1. The fourth-order valence-electron chi connectivity index (χ4n) is 3.31. The van der Waals surface area contributed by atoms with E-state index in [1.165, 1.54) is 10.6 Å². The number of carboxylic acids is 1. The summed E-state index contributed by atoms with van der Waals surface area (Å²) in [6.07, 6.45) is 1.35. The summed E-state index contributed by atoms with van der Waals surface area (Å²) >= 11 is 0. The van der Waals surface area contributed by atoms with Crippen LogP contribution in [-0.4, -0.2) is 28.1 Å². The minimum absolute atomic E-state index is 0.0793. The van der Waals surface area contributed by atoms with Crippen LogP contribution in [0.25, 0.3) is 0 Å². The number of pyridine rings is 1. The van der Waals surface area contributed by atoms with E-state index in [1.807, 2.05) is 24.3 Å². The first kappa shape index (κ1) is 17.0. The fourth-order valence-corrected chi connectivity index (χ4v) is 3.31. The van der Waals surface area contributed by atoms with Gasteiger partial charge in [-0.2, -0.15) is 0 Å². The molecule has 3 rings (SSSR count). The Labute approximate surface area is 145 Å². The highest BCUT2D eigenvalue weighted by atomic mass is 16.4. The SMILES string of the molecule is Cn1c(C(=O)N2CC(CCC(=O)O)Cc3ccccc32)cccc1=O. The number of aliphatic carboxylic acids is 1. The molecule has 0 aliphatic carbocycles. The molecule has 0 bridgehead atoms. The van der Waals surface area contributed by atoms with Gasteiger partial charge in [0.05, 0.1) is 0 Å². The van der Waals surface area contributed by atoms with E-state index in [0.717, 1.165) is 17.7 Å². The van der Waals surface area contributed by atoms with Crippen molar-refractivity contribution in [3.05, 3.63) is 64.1 Å². The van der Waals surface area contributed by atoms with E-state index in [4.69, 9.17) is 5.11 Å². The summed E-state index contributed by atoms with van der Waals surface area (Å²) in [6, 6.07) is 12.3. The van der Waals surface area contributed by atoms with Crippen molar-refractivity contribution >= 4 is 17.6 Å². The Morgan fingerprint density at radius 3 is 2.68 bits per heavy atom. The van der Waals surface area contributed by atoms with E-state index in [2.05, 4.69) is 0 Å². The second-order valence-corrected chi connectivity index (χ2v) is 6.36. The number of hydrogen-bond acceptors (Lipinski definition) is 3. The van der Waals surface area contributed by atoms with Gasteiger partial charge < -0.3 is 14.6 Å². The molecule has 6 heteroatoms. The van der Waals surface area contributed by atoms with E-state index in [9.17, 15) is 14.4 Å². The van der Waals surface area contributed by atoms with Crippen molar-refractivity contribution in [2.75, 3.05) is 11.4 Å². The van der Waals surface area contributed by atoms with Crippen LogP contribution in [0.1, 0.15) is 28.9 Å². The molecule has 0 saturated carbocycles. The fraction of sp³-hybridized carbons (Fsp3) is 0.316. The summed E-state index contributed by atoms with van der Waals surface area (Å²) < 4.78 is 1.34. The summed E-state index contributed by atoms with van der Waals surface area (Å²) in [6.45, 7) is 0.451. The Morgan fingerprint density at radius 1 is 1.16 bits per heavy atom. The molecule has 1 N–H and O–H groups in total. The number of aromatic nitrogens is 1. The molecule has 130 valence electrons. The number of carboxylic acid groups (broad SMARTS) is 1. The largest absolute Gasteiger partial charge is 0.481 e. The average molecular weight is 340 g/mol. The van der Waals surface area contributed by atoms with Crippen LogP contribution in [0.2, 0.25) is 0 Å². The summed E-state index contributed by atoms with van der Waals surface area (Å²) in [7, 11) is 1.58. The zero-order valence-corrected chi connectivity index (χ0v) is 14.0. The van der Waals surface area contributed by atoms with Crippen LogP contribution < -0.4 is 10.5 Å². The first-order valence-corrected chi connectivity index (χ1v) is 8.25. The lowest BCUT2D eigenvalue weighted by molar-refractivity contribution is -0.137. The van der Waals surface area contributed by atoms with Crippen molar-refractivity contribution < 1.29 is 14.7 Å². The van der Waals surface area contributed by atoms with Crippen molar-refractivity contribution in [2.24, 2.45) is 13.0 Å². The highest BCUT2D eigenvalue weighted by Gasteiger charge is 2.30. The first-order chi connectivity index (χ1) is 12.0. The molecule has 1 aliphatic heterocycles. The number of carbonyl (C=O) groups excluding carboxylic acids is 1. The Morgan fingerprint density at radius 2 is 1.92 bits per heavy atom. The van der Waals surface area contributed by atoms with Gasteiger partial charge in [-0.1, -0.05) is 24.3 Å². The van der Waals surface area contributed by atoms with Gasteiger partial charge in [0.25, 0.3) is 11.5 Å². The van der Waals surface area contributed by atoms with E-state index < -0.39 is 5.97 Å². The maximum atomic E-state index is 13.1. The van der Waals surface area contributed by atoms with Gasteiger partial charge in [0.15, 0.2) is 0 Å². The smallest absolute Gasteiger partial charge is 0.303 e. The average Bonchev–Trinajstić information content (AvgIpc) is 2.61. The summed E-state index contributed by atoms with van der Waals surface area (Å²) in [5.41, 5.74) is 1.94. The summed E-state index contributed by atoms with van der Waals surface area (Å²) in [4.78, 5) is 37.5. The molecule has 1 aromatic carbocycles. The lowest BCUT2D eigenvalue weighted by Gasteiger charge is -2.34. The van der Waals surface area contributed by atoms with E-state index >= 15 is 0 Å². The summed E-state index contributed by atoms with van der Waals surface area (Å²) in [5, 5.41) is 8.94. The van der Waals surface area contributed by atoms with Crippen molar-refractivity contribution in [1.29, 1.82) is 0 Å². The molecular formula is C19H20N2O4. The molecule has 25 heavy (non-hydrogen) atoms. The molecule has 0 fully saturated rings. The number of fused-ring (bicyclic) bond motifs is 1. The minimum Gasteiger partial charge on any atom is -0.481 e. The van der Waals surface area contributed by atoms with Crippen LogP contribution in [0.3, 0.4) is 0 Å². The quantitative estimate of drug-likeness (QED) is 0.924. The molecule has 0 saturated heterocycles. The molecule has 1 unspecified atom stereocenters. The van der Waals surface area contributed by atoms with Gasteiger partial charge in [0.1, 0.15) is 5.69 Å². The predicted octanol–water partition coefficient (Wildman–Crippen LogP) is 2.07. The highest BCUT2D eigenvalue weighted by Crippen LogP contribution is 2.32. The predicted molar refractivity (Wildman–Crippen MR) is 93.9 cm³/mol.